The lowest BCUT2D eigenvalue weighted by Gasteiger charge is -2.19. The second kappa shape index (κ2) is 11.5. The van der Waals surface area contributed by atoms with Gasteiger partial charge in [-0.15, -0.1) is 0 Å². The molecule has 2 aromatic rings. The molecule has 3 rings (SSSR count). The van der Waals surface area contributed by atoms with E-state index in [2.05, 4.69) is 5.32 Å². The van der Waals surface area contributed by atoms with Crippen molar-refractivity contribution in [2.75, 3.05) is 38.1 Å². The summed E-state index contributed by atoms with van der Waals surface area (Å²) in [6, 6.07) is 11.8. The Kier molecular flexibility index (Phi) is 8.68. The number of carbonyl (C=O) groups is 2. The lowest BCUT2D eigenvalue weighted by atomic mass is 10.1. The number of hydrogen-bond donors (Lipinski definition) is 1. The zero-order valence-corrected chi connectivity index (χ0v) is 20.9. The number of rotatable bonds is 10. The van der Waals surface area contributed by atoms with Crippen LogP contribution in [-0.2, 0) is 26.0 Å². The third-order valence-corrected chi connectivity index (χ3v) is 7.95. The topological polar surface area (TPSA) is 96.0 Å². The summed E-state index contributed by atoms with van der Waals surface area (Å²) in [4.78, 5) is 26.7. The summed E-state index contributed by atoms with van der Waals surface area (Å²) in [5, 5.41) is 2.77. The van der Waals surface area contributed by atoms with Gasteiger partial charge in [0.1, 0.15) is 5.75 Å². The van der Waals surface area contributed by atoms with Crippen LogP contribution in [0.4, 0.5) is 5.69 Å². The summed E-state index contributed by atoms with van der Waals surface area (Å²) >= 11 is 0. The fourth-order valence-corrected chi connectivity index (χ4v) is 5.50. The second-order valence-electron chi connectivity index (χ2n) is 8.32. The minimum atomic E-state index is -3.55. The third kappa shape index (κ3) is 6.36. The molecule has 0 saturated carbocycles. The number of ether oxygens (including phenoxy) is 1. The predicted molar refractivity (Wildman–Crippen MR) is 131 cm³/mol. The molecule has 9 heteroatoms. The zero-order chi connectivity index (χ0) is 24.7. The quantitative estimate of drug-likeness (QED) is 0.555. The molecule has 0 atom stereocenters. The molecular formula is C25H33N3O5S. The molecule has 8 nitrogen and oxygen atoms in total. The van der Waals surface area contributed by atoms with E-state index < -0.39 is 10.0 Å². The first kappa shape index (κ1) is 25.7. The second-order valence-corrected chi connectivity index (χ2v) is 10.3. The maximum absolute atomic E-state index is 12.7. The van der Waals surface area contributed by atoms with E-state index in [-0.39, 0.29) is 23.3 Å². The van der Waals surface area contributed by atoms with Crippen molar-refractivity contribution >= 4 is 27.5 Å². The Balaban J connectivity index is 1.53. The number of amides is 2. The minimum absolute atomic E-state index is 0.133. The van der Waals surface area contributed by atoms with Crippen molar-refractivity contribution in [2.24, 2.45) is 0 Å². The van der Waals surface area contributed by atoms with Crippen LogP contribution < -0.4 is 10.1 Å². The molecule has 1 aliphatic heterocycles. The molecular weight excluding hydrogens is 454 g/mol. The average Bonchev–Trinajstić information content (AvgIpc) is 3.35. The molecule has 1 aliphatic rings. The fourth-order valence-electron chi connectivity index (χ4n) is 3.96. The maximum Gasteiger partial charge on any atom is 0.262 e. The number of hydrogen-bond acceptors (Lipinski definition) is 5. The summed E-state index contributed by atoms with van der Waals surface area (Å²) in [6.07, 6.45) is 2.49. The Morgan fingerprint density at radius 1 is 1.03 bits per heavy atom. The van der Waals surface area contributed by atoms with Crippen molar-refractivity contribution < 1.29 is 22.7 Å². The fraction of sp³-hybridized carbons (Fsp3) is 0.440. The first-order valence-electron chi connectivity index (χ1n) is 11.6. The Bertz CT molecular complexity index is 1110. The number of carbonyl (C=O) groups excluding carboxylic acids is 2. The first-order valence-corrected chi connectivity index (χ1v) is 13.1. The molecule has 0 unspecified atom stereocenters. The standard InChI is InChI=1S/C25H33N3O5S/c1-4-28(5-2)34(31,32)22-12-13-23(19(3)16-22)33-18-24(29)26-21-10-8-20(9-11-21)17-25(30)27-14-6-7-15-27/h8-13,16H,4-7,14-15,17-18H2,1-3H3,(H,26,29). The maximum atomic E-state index is 12.7. The molecule has 0 spiro atoms. The molecule has 1 fully saturated rings. The van der Waals surface area contributed by atoms with Crippen LogP contribution in [0.3, 0.4) is 0 Å². The molecule has 0 bridgehead atoms. The number of sulfonamides is 1. The van der Waals surface area contributed by atoms with Crippen molar-refractivity contribution in [3.8, 4) is 5.75 Å². The van der Waals surface area contributed by atoms with Crippen LogP contribution in [0.1, 0.15) is 37.8 Å². The number of nitrogens with one attached hydrogen (secondary N) is 1. The van der Waals surface area contributed by atoms with Crippen molar-refractivity contribution in [1.29, 1.82) is 0 Å². The SMILES string of the molecule is CCN(CC)S(=O)(=O)c1ccc(OCC(=O)Nc2ccc(CC(=O)N3CCCC3)cc2)c(C)c1. The van der Waals surface area contributed by atoms with Crippen LogP contribution in [0.25, 0.3) is 0 Å². The van der Waals surface area contributed by atoms with E-state index in [0.29, 0.717) is 36.5 Å². The van der Waals surface area contributed by atoms with Crippen molar-refractivity contribution in [3.05, 3.63) is 53.6 Å². The number of benzene rings is 2. The Morgan fingerprint density at radius 2 is 1.68 bits per heavy atom. The molecule has 0 aromatic heterocycles. The lowest BCUT2D eigenvalue weighted by molar-refractivity contribution is -0.129. The molecule has 2 aromatic carbocycles. The van der Waals surface area contributed by atoms with Gasteiger partial charge in [-0.3, -0.25) is 9.59 Å². The predicted octanol–water partition coefficient (Wildman–Crippen LogP) is 3.21. The molecule has 1 N–H and O–H groups in total. The van der Waals surface area contributed by atoms with Crippen molar-refractivity contribution in [3.63, 3.8) is 0 Å². The first-order chi connectivity index (χ1) is 16.2. The van der Waals surface area contributed by atoms with Crippen LogP contribution in [0.15, 0.2) is 47.4 Å². The summed E-state index contributed by atoms with van der Waals surface area (Å²) < 4.78 is 32.4. The molecule has 34 heavy (non-hydrogen) atoms. The van der Waals surface area contributed by atoms with Crippen LogP contribution in [0.5, 0.6) is 5.75 Å². The number of nitrogens with zero attached hydrogens (tertiary/aromatic N) is 2. The van der Waals surface area contributed by atoms with Gasteiger partial charge in [-0.2, -0.15) is 4.31 Å². The highest BCUT2D eigenvalue weighted by Gasteiger charge is 2.22. The Hall–Kier alpha value is -2.91. The largest absolute Gasteiger partial charge is 0.483 e. The molecule has 1 heterocycles. The van der Waals surface area contributed by atoms with Gasteiger partial charge in [-0.05, 0) is 61.2 Å². The van der Waals surface area contributed by atoms with Crippen LogP contribution in [-0.4, -0.2) is 62.2 Å². The van der Waals surface area contributed by atoms with Gasteiger partial charge in [-0.25, -0.2) is 8.42 Å². The van der Waals surface area contributed by atoms with Crippen LogP contribution in [0, 0.1) is 6.92 Å². The number of likely N-dealkylation sites (tertiary alicyclic amines) is 1. The molecule has 1 saturated heterocycles. The number of aryl methyl sites for hydroxylation is 1. The van der Waals surface area contributed by atoms with E-state index in [1.807, 2.05) is 17.0 Å². The molecule has 0 aliphatic carbocycles. The van der Waals surface area contributed by atoms with Crippen molar-refractivity contribution in [1.82, 2.24) is 9.21 Å². The van der Waals surface area contributed by atoms with Gasteiger partial charge in [0, 0.05) is 31.9 Å². The third-order valence-electron chi connectivity index (χ3n) is 5.90. The van der Waals surface area contributed by atoms with Gasteiger partial charge in [0.2, 0.25) is 15.9 Å². The summed E-state index contributed by atoms with van der Waals surface area (Å²) in [5.41, 5.74) is 2.15. The summed E-state index contributed by atoms with van der Waals surface area (Å²) in [6.45, 7) is 7.59. The summed E-state index contributed by atoms with van der Waals surface area (Å²) in [7, 11) is -3.55. The zero-order valence-electron chi connectivity index (χ0n) is 20.0. The van der Waals surface area contributed by atoms with Gasteiger partial charge in [-0.1, -0.05) is 26.0 Å². The van der Waals surface area contributed by atoms with Crippen LogP contribution >= 0.6 is 0 Å². The normalized spacial score (nSPS) is 13.8. The lowest BCUT2D eigenvalue weighted by Crippen LogP contribution is -2.30. The van der Waals surface area contributed by atoms with E-state index in [9.17, 15) is 18.0 Å². The van der Waals surface area contributed by atoms with E-state index in [0.717, 1.165) is 31.5 Å². The highest BCUT2D eigenvalue weighted by Crippen LogP contribution is 2.24. The molecule has 184 valence electrons. The summed E-state index contributed by atoms with van der Waals surface area (Å²) in [5.74, 6) is 0.249. The highest BCUT2D eigenvalue weighted by molar-refractivity contribution is 7.89. The average molecular weight is 488 g/mol. The van der Waals surface area contributed by atoms with Gasteiger partial charge in [0.25, 0.3) is 5.91 Å². The molecule has 0 radical (unpaired) electrons. The number of anilines is 1. The highest BCUT2D eigenvalue weighted by atomic mass is 32.2. The van der Waals surface area contributed by atoms with Gasteiger partial charge in [0.05, 0.1) is 11.3 Å². The Labute approximate surface area is 201 Å². The van der Waals surface area contributed by atoms with E-state index >= 15 is 0 Å². The Morgan fingerprint density at radius 3 is 2.26 bits per heavy atom. The minimum Gasteiger partial charge on any atom is -0.483 e. The molecule has 2 amide bonds. The van der Waals surface area contributed by atoms with E-state index in [4.69, 9.17) is 4.74 Å². The van der Waals surface area contributed by atoms with E-state index in [1.54, 1.807) is 45.0 Å². The monoisotopic (exact) mass is 487 g/mol. The van der Waals surface area contributed by atoms with Gasteiger partial charge < -0.3 is 15.0 Å². The van der Waals surface area contributed by atoms with E-state index in [1.165, 1.54) is 10.4 Å². The van der Waals surface area contributed by atoms with Gasteiger partial charge >= 0.3 is 0 Å². The van der Waals surface area contributed by atoms with Gasteiger partial charge in [0.15, 0.2) is 6.61 Å². The van der Waals surface area contributed by atoms with Crippen LogP contribution in [0.2, 0.25) is 0 Å². The van der Waals surface area contributed by atoms with Crippen molar-refractivity contribution in [2.45, 2.75) is 44.9 Å². The smallest absolute Gasteiger partial charge is 0.262 e.